The minimum Gasteiger partial charge on any atom is -0.459 e. The molecule has 2 heterocycles. The number of carbonyl (C=O) groups is 1. The molecule has 0 aliphatic heterocycles. The zero-order valence-electron chi connectivity index (χ0n) is 12.9. The van der Waals surface area contributed by atoms with Crippen LogP contribution in [-0.2, 0) is 0 Å². The van der Waals surface area contributed by atoms with E-state index in [1.165, 1.54) is 6.26 Å². The van der Waals surface area contributed by atoms with Crippen molar-refractivity contribution in [3.63, 3.8) is 0 Å². The molecule has 24 heavy (non-hydrogen) atoms. The number of carbonyl (C=O) groups excluding carboxylic acids is 1. The van der Waals surface area contributed by atoms with Gasteiger partial charge in [0.15, 0.2) is 11.3 Å². The second-order valence-electron chi connectivity index (χ2n) is 5.50. The Kier molecular flexibility index (Phi) is 3.39. The number of nitrogens with one attached hydrogen (secondary N) is 1. The molecule has 2 aromatic heterocycles. The predicted octanol–water partition coefficient (Wildman–Crippen LogP) is 4.65. The number of amides is 1. The van der Waals surface area contributed by atoms with Crippen molar-refractivity contribution >= 4 is 22.7 Å². The maximum atomic E-state index is 12.0. The van der Waals surface area contributed by atoms with Gasteiger partial charge in [0.2, 0.25) is 5.89 Å². The molecule has 0 bridgehead atoms. The Labute approximate surface area is 137 Å². The Hall–Kier alpha value is -3.34. The van der Waals surface area contributed by atoms with Crippen LogP contribution in [0.2, 0.25) is 0 Å². The van der Waals surface area contributed by atoms with E-state index in [1.807, 2.05) is 31.2 Å². The van der Waals surface area contributed by atoms with E-state index < -0.39 is 0 Å². The number of nitrogens with zero attached hydrogens (tertiary/aromatic N) is 1. The Morgan fingerprint density at radius 3 is 2.79 bits per heavy atom. The predicted molar refractivity (Wildman–Crippen MR) is 90.8 cm³/mol. The highest BCUT2D eigenvalue weighted by Gasteiger charge is 2.12. The van der Waals surface area contributed by atoms with Gasteiger partial charge in [-0.05, 0) is 49.4 Å². The van der Waals surface area contributed by atoms with Gasteiger partial charge in [-0.1, -0.05) is 17.7 Å². The normalized spacial score (nSPS) is 10.9. The number of furan rings is 1. The Morgan fingerprint density at radius 1 is 1.08 bits per heavy atom. The molecule has 0 unspecified atom stereocenters. The molecule has 0 radical (unpaired) electrons. The smallest absolute Gasteiger partial charge is 0.291 e. The van der Waals surface area contributed by atoms with Crippen LogP contribution in [0, 0.1) is 6.92 Å². The fourth-order valence-electron chi connectivity index (χ4n) is 2.51. The second-order valence-corrected chi connectivity index (χ2v) is 5.50. The average molecular weight is 318 g/mol. The summed E-state index contributed by atoms with van der Waals surface area (Å²) in [7, 11) is 0. The van der Waals surface area contributed by atoms with Crippen LogP contribution in [0.5, 0.6) is 0 Å². The van der Waals surface area contributed by atoms with Crippen LogP contribution in [0.4, 0.5) is 5.69 Å². The Balaban J connectivity index is 1.65. The number of fused-ring (bicyclic) bond motifs is 1. The van der Waals surface area contributed by atoms with E-state index in [1.54, 1.807) is 30.3 Å². The van der Waals surface area contributed by atoms with E-state index in [9.17, 15) is 4.79 Å². The van der Waals surface area contributed by atoms with E-state index >= 15 is 0 Å². The first-order chi connectivity index (χ1) is 11.7. The molecule has 1 N–H and O–H groups in total. The maximum Gasteiger partial charge on any atom is 0.291 e. The van der Waals surface area contributed by atoms with Gasteiger partial charge in [0.05, 0.1) is 6.26 Å². The summed E-state index contributed by atoms with van der Waals surface area (Å²) >= 11 is 0. The third kappa shape index (κ3) is 2.67. The molecule has 0 aliphatic carbocycles. The summed E-state index contributed by atoms with van der Waals surface area (Å²) in [6.45, 7) is 2.02. The van der Waals surface area contributed by atoms with E-state index in [4.69, 9.17) is 8.83 Å². The van der Waals surface area contributed by atoms with Gasteiger partial charge < -0.3 is 14.2 Å². The largest absolute Gasteiger partial charge is 0.459 e. The maximum absolute atomic E-state index is 12.0. The molecule has 0 saturated carbocycles. The first kappa shape index (κ1) is 14.3. The van der Waals surface area contributed by atoms with Crippen molar-refractivity contribution in [3.8, 4) is 11.5 Å². The molecule has 0 spiro atoms. The summed E-state index contributed by atoms with van der Waals surface area (Å²) in [5, 5.41) is 2.78. The van der Waals surface area contributed by atoms with Crippen LogP contribution in [-0.4, -0.2) is 10.9 Å². The lowest BCUT2D eigenvalue weighted by Crippen LogP contribution is -2.10. The lowest BCUT2D eigenvalue weighted by molar-refractivity contribution is 0.0996. The van der Waals surface area contributed by atoms with E-state index in [0.717, 1.165) is 11.1 Å². The van der Waals surface area contributed by atoms with E-state index in [2.05, 4.69) is 10.3 Å². The highest BCUT2D eigenvalue weighted by atomic mass is 16.3. The molecule has 2 aromatic carbocycles. The van der Waals surface area contributed by atoms with Gasteiger partial charge in [0, 0.05) is 11.3 Å². The number of aromatic nitrogens is 1. The van der Waals surface area contributed by atoms with Gasteiger partial charge in [-0.15, -0.1) is 0 Å². The number of rotatable bonds is 3. The molecule has 0 atom stereocenters. The van der Waals surface area contributed by atoms with E-state index in [0.29, 0.717) is 22.7 Å². The molecule has 0 saturated heterocycles. The first-order valence-electron chi connectivity index (χ1n) is 7.51. The number of anilines is 1. The minimum absolute atomic E-state index is 0.260. The Morgan fingerprint density at radius 2 is 2.00 bits per heavy atom. The van der Waals surface area contributed by atoms with Crippen molar-refractivity contribution in [1.29, 1.82) is 0 Å². The molecule has 5 nitrogen and oxygen atoms in total. The monoisotopic (exact) mass is 318 g/mol. The first-order valence-corrected chi connectivity index (χ1v) is 7.51. The molecule has 5 heteroatoms. The van der Waals surface area contributed by atoms with Crippen molar-refractivity contribution in [3.05, 3.63) is 72.2 Å². The van der Waals surface area contributed by atoms with Gasteiger partial charge in [-0.2, -0.15) is 0 Å². The summed E-state index contributed by atoms with van der Waals surface area (Å²) in [5.74, 6) is 0.515. The number of hydrogen-bond acceptors (Lipinski definition) is 4. The van der Waals surface area contributed by atoms with Gasteiger partial charge >= 0.3 is 0 Å². The molecule has 0 aliphatic rings. The van der Waals surface area contributed by atoms with Crippen LogP contribution in [0.25, 0.3) is 22.6 Å². The minimum atomic E-state index is -0.304. The van der Waals surface area contributed by atoms with Crippen molar-refractivity contribution < 1.29 is 13.6 Å². The highest BCUT2D eigenvalue weighted by molar-refractivity contribution is 6.03. The summed E-state index contributed by atoms with van der Waals surface area (Å²) in [6, 6.07) is 16.6. The van der Waals surface area contributed by atoms with Crippen LogP contribution < -0.4 is 5.32 Å². The zero-order valence-corrected chi connectivity index (χ0v) is 12.9. The van der Waals surface area contributed by atoms with Crippen molar-refractivity contribution in [2.24, 2.45) is 0 Å². The fraction of sp³-hybridized carbons (Fsp3) is 0.0526. The van der Waals surface area contributed by atoms with E-state index in [-0.39, 0.29) is 11.7 Å². The molecular weight excluding hydrogens is 304 g/mol. The quantitative estimate of drug-likeness (QED) is 0.597. The number of aryl methyl sites for hydroxylation is 1. The second kappa shape index (κ2) is 5.70. The third-order valence-corrected chi connectivity index (χ3v) is 3.66. The van der Waals surface area contributed by atoms with Gasteiger partial charge in [0.1, 0.15) is 5.52 Å². The van der Waals surface area contributed by atoms with Crippen molar-refractivity contribution in [2.75, 3.05) is 5.32 Å². The summed E-state index contributed by atoms with van der Waals surface area (Å²) in [6.07, 6.45) is 1.46. The SMILES string of the molecule is Cc1cccc(-c2nc3cc(NC(=O)c4ccco4)ccc3o2)c1. The van der Waals surface area contributed by atoms with Crippen LogP contribution >= 0.6 is 0 Å². The summed E-state index contributed by atoms with van der Waals surface area (Å²) < 4.78 is 10.9. The molecule has 0 fully saturated rings. The van der Waals surface area contributed by atoms with Crippen LogP contribution in [0.1, 0.15) is 16.1 Å². The number of oxazole rings is 1. The fourth-order valence-corrected chi connectivity index (χ4v) is 2.51. The molecule has 4 aromatic rings. The number of hydrogen-bond donors (Lipinski definition) is 1. The third-order valence-electron chi connectivity index (χ3n) is 3.66. The molecule has 4 rings (SSSR count). The lowest BCUT2D eigenvalue weighted by atomic mass is 10.1. The molecule has 1 amide bonds. The van der Waals surface area contributed by atoms with Crippen LogP contribution in [0.3, 0.4) is 0 Å². The van der Waals surface area contributed by atoms with Crippen LogP contribution in [0.15, 0.2) is 69.7 Å². The summed E-state index contributed by atoms with van der Waals surface area (Å²) in [5.41, 5.74) is 4.05. The molecule has 118 valence electrons. The zero-order chi connectivity index (χ0) is 16.5. The topological polar surface area (TPSA) is 68.3 Å². The van der Waals surface area contributed by atoms with Gasteiger partial charge in [-0.3, -0.25) is 4.79 Å². The van der Waals surface area contributed by atoms with Crippen molar-refractivity contribution in [2.45, 2.75) is 6.92 Å². The standard InChI is InChI=1S/C19H14N2O3/c1-12-4-2-5-13(10-12)19-21-15-11-14(7-8-16(15)24-19)20-18(22)17-6-3-9-23-17/h2-11H,1H3,(H,20,22). The summed E-state index contributed by atoms with van der Waals surface area (Å²) in [4.78, 5) is 16.5. The highest BCUT2D eigenvalue weighted by Crippen LogP contribution is 2.26. The molecular formula is C19H14N2O3. The van der Waals surface area contributed by atoms with Crippen molar-refractivity contribution in [1.82, 2.24) is 4.98 Å². The van der Waals surface area contributed by atoms with Gasteiger partial charge in [-0.25, -0.2) is 4.98 Å². The lowest BCUT2D eigenvalue weighted by Gasteiger charge is -2.01. The van der Waals surface area contributed by atoms with Gasteiger partial charge in [0.25, 0.3) is 5.91 Å². The average Bonchev–Trinajstić information content (AvgIpc) is 3.24. The number of benzene rings is 2. The Bertz CT molecular complexity index is 1020.